The molecule has 138 valence electrons. The van der Waals surface area contributed by atoms with Crippen LogP contribution in [0, 0.1) is 12.3 Å². The lowest BCUT2D eigenvalue weighted by atomic mass is 9.67. The highest BCUT2D eigenvalue weighted by Crippen LogP contribution is 2.42. The third-order valence-electron chi connectivity index (χ3n) is 5.22. The molecule has 2 aliphatic rings. The topological polar surface area (TPSA) is 93.2 Å². The predicted octanol–water partition coefficient (Wildman–Crippen LogP) is 2.42. The number of carbonyl (C=O) groups excluding carboxylic acids is 2. The van der Waals surface area contributed by atoms with Crippen molar-refractivity contribution in [3.63, 3.8) is 0 Å². The molecule has 2 heterocycles. The van der Waals surface area contributed by atoms with E-state index in [1.165, 1.54) is 30.6 Å². The van der Waals surface area contributed by atoms with Crippen molar-refractivity contribution in [1.82, 2.24) is 15.5 Å². The maximum Gasteiger partial charge on any atom is 0.226 e. The summed E-state index contributed by atoms with van der Waals surface area (Å²) >= 11 is 1.32. The predicted molar refractivity (Wildman–Crippen MR) is 95.4 cm³/mol. The first kappa shape index (κ1) is 18.3. The van der Waals surface area contributed by atoms with Crippen LogP contribution in [0.25, 0.3) is 0 Å². The van der Waals surface area contributed by atoms with Gasteiger partial charge in [-0.15, -0.1) is 10.2 Å². The lowest BCUT2D eigenvalue weighted by Crippen LogP contribution is -2.54. The van der Waals surface area contributed by atoms with Crippen LogP contribution in [0.4, 0.5) is 5.13 Å². The lowest BCUT2D eigenvalue weighted by Gasteiger charge is -2.46. The average molecular weight is 366 g/mol. The highest BCUT2D eigenvalue weighted by atomic mass is 32.1. The van der Waals surface area contributed by atoms with Gasteiger partial charge in [-0.3, -0.25) is 9.59 Å². The molecule has 1 aliphatic carbocycles. The lowest BCUT2D eigenvalue weighted by molar-refractivity contribution is -0.128. The van der Waals surface area contributed by atoms with Gasteiger partial charge in [-0.05, 0) is 26.2 Å². The summed E-state index contributed by atoms with van der Waals surface area (Å²) in [5, 5.41) is 14.8. The zero-order valence-electron chi connectivity index (χ0n) is 14.7. The molecular formula is C17H26N4O3S. The first-order valence-corrected chi connectivity index (χ1v) is 9.86. The van der Waals surface area contributed by atoms with Gasteiger partial charge in [0.15, 0.2) is 0 Å². The molecule has 7 nitrogen and oxygen atoms in total. The van der Waals surface area contributed by atoms with Crippen LogP contribution in [-0.4, -0.2) is 41.3 Å². The number of rotatable bonds is 5. The van der Waals surface area contributed by atoms with E-state index in [1.54, 1.807) is 0 Å². The van der Waals surface area contributed by atoms with Gasteiger partial charge in [0.1, 0.15) is 5.01 Å². The zero-order chi connectivity index (χ0) is 17.7. The minimum atomic E-state index is -0.203. The smallest absolute Gasteiger partial charge is 0.226 e. The molecule has 1 saturated heterocycles. The van der Waals surface area contributed by atoms with Crippen molar-refractivity contribution >= 4 is 28.3 Å². The Morgan fingerprint density at radius 1 is 1.20 bits per heavy atom. The molecule has 0 aromatic carbocycles. The van der Waals surface area contributed by atoms with Crippen LogP contribution in [-0.2, 0) is 14.3 Å². The van der Waals surface area contributed by atoms with Crippen molar-refractivity contribution in [2.75, 3.05) is 18.5 Å². The SMILES string of the molecule is Cc1nnc(NC(=O)CCC(=O)NC2CCOCC23CCCCC3)s1. The number of nitrogens with one attached hydrogen (secondary N) is 2. The summed E-state index contributed by atoms with van der Waals surface area (Å²) < 4.78 is 5.71. The van der Waals surface area contributed by atoms with Gasteiger partial charge >= 0.3 is 0 Å². The van der Waals surface area contributed by atoms with Crippen molar-refractivity contribution in [2.45, 2.75) is 64.3 Å². The van der Waals surface area contributed by atoms with E-state index in [1.807, 2.05) is 6.92 Å². The number of anilines is 1. The number of aryl methyl sites for hydroxylation is 1. The molecule has 1 aliphatic heterocycles. The molecule has 0 radical (unpaired) electrons. The van der Waals surface area contributed by atoms with E-state index in [0.29, 0.717) is 11.7 Å². The van der Waals surface area contributed by atoms with Crippen LogP contribution < -0.4 is 10.6 Å². The first-order chi connectivity index (χ1) is 12.1. The zero-order valence-corrected chi connectivity index (χ0v) is 15.5. The molecule has 2 amide bonds. The normalized spacial score (nSPS) is 22.5. The van der Waals surface area contributed by atoms with E-state index in [4.69, 9.17) is 4.74 Å². The number of aromatic nitrogens is 2. The highest BCUT2D eigenvalue weighted by Gasteiger charge is 2.42. The van der Waals surface area contributed by atoms with Gasteiger partial charge in [0.05, 0.1) is 6.61 Å². The Morgan fingerprint density at radius 2 is 1.96 bits per heavy atom. The maximum atomic E-state index is 12.3. The Kier molecular flexibility index (Phi) is 6.01. The van der Waals surface area contributed by atoms with E-state index in [9.17, 15) is 9.59 Å². The number of hydrogen-bond donors (Lipinski definition) is 2. The quantitative estimate of drug-likeness (QED) is 0.835. The molecule has 8 heteroatoms. The summed E-state index contributed by atoms with van der Waals surface area (Å²) in [6, 6.07) is 0.169. The standard InChI is InChI=1S/C17H26N4O3S/c1-12-20-21-16(25-12)19-15(23)6-5-14(22)18-13-7-10-24-11-17(13)8-3-2-4-9-17/h13H,2-11H2,1H3,(H,18,22)(H,19,21,23). The highest BCUT2D eigenvalue weighted by molar-refractivity contribution is 7.15. The fourth-order valence-electron chi connectivity index (χ4n) is 3.88. The largest absolute Gasteiger partial charge is 0.381 e. The van der Waals surface area contributed by atoms with E-state index in [0.717, 1.165) is 30.9 Å². The number of amides is 2. The van der Waals surface area contributed by atoms with Gasteiger partial charge in [-0.1, -0.05) is 30.6 Å². The van der Waals surface area contributed by atoms with Gasteiger partial charge in [0, 0.05) is 30.9 Å². The van der Waals surface area contributed by atoms with E-state index < -0.39 is 0 Å². The van der Waals surface area contributed by atoms with Gasteiger partial charge in [-0.2, -0.15) is 0 Å². The van der Waals surface area contributed by atoms with Gasteiger partial charge < -0.3 is 15.4 Å². The third-order valence-corrected chi connectivity index (χ3v) is 5.97. The molecule has 2 N–H and O–H groups in total. The summed E-state index contributed by atoms with van der Waals surface area (Å²) in [7, 11) is 0. The molecular weight excluding hydrogens is 340 g/mol. The summed E-state index contributed by atoms with van der Waals surface area (Å²) in [5.41, 5.74) is 0.0957. The molecule has 25 heavy (non-hydrogen) atoms. The van der Waals surface area contributed by atoms with Crippen LogP contribution >= 0.6 is 11.3 Å². The minimum absolute atomic E-state index is 0.0551. The van der Waals surface area contributed by atoms with Crippen LogP contribution in [0.3, 0.4) is 0 Å². The summed E-state index contributed by atoms with van der Waals surface area (Å²) in [5.74, 6) is -0.258. The third kappa shape index (κ3) is 4.76. The second kappa shape index (κ2) is 8.23. The molecule has 0 bridgehead atoms. The Labute approximate surface area is 151 Å². The monoisotopic (exact) mass is 366 g/mol. The van der Waals surface area contributed by atoms with E-state index >= 15 is 0 Å². The number of carbonyl (C=O) groups is 2. The van der Waals surface area contributed by atoms with Crippen molar-refractivity contribution in [2.24, 2.45) is 5.41 Å². The Morgan fingerprint density at radius 3 is 2.68 bits per heavy atom. The van der Waals surface area contributed by atoms with Crippen LogP contribution in [0.2, 0.25) is 0 Å². The minimum Gasteiger partial charge on any atom is -0.381 e. The van der Waals surface area contributed by atoms with Gasteiger partial charge in [-0.25, -0.2) is 0 Å². The second-order valence-electron chi connectivity index (χ2n) is 7.06. The Hall–Kier alpha value is -1.54. The van der Waals surface area contributed by atoms with Gasteiger partial charge in [0.25, 0.3) is 0 Å². The van der Waals surface area contributed by atoms with Gasteiger partial charge in [0.2, 0.25) is 16.9 Å². The molecule has 3 rings (SSSR count). The number of ether oxygens (including phenoxy) is 1. The van der Waals surface area contributed by atoms with E-state index in [2.05, 4.69) is 20.8 Å². The maximum absolute atomic E-state index is 12.3. The van der Waals surface area contributed by atoms with Crippen molar-refractivity contribution < 1.29 is 14.3 Å². The van der Waals surface area contributed by atoms with Crippen molar-refractivity contribution in [1.29, 1.82) is 0 Å². The van der Waals surface area contributed by atoms with Crippen LogP contribution in [0.5, 0.6) is 0 Å². The molecule has 1 aromatic heterocycles. The molecule has 1 spiro atoms. The summed E-state index contributed by atoms with van der Waals surface area (Å²) in [6.45, 7) is 3.27. The second-order valence-corrected chi connectivity index (χ2v) is 8.24. The van der Waals surface area contributed by atoms with E-state index in [-0.39, 0.29) is 36.1 Å². The Balaban J connectivity index is 1.47. The molecule has 1 atom stereocenters. The average Bonchev–Trinajstić information content (AvgIpc) is 3.01. The Bertz CT molecular complexity index is 605. The molecule has 2 fully saturated rings. The van der Waals surface area contributed by atoms with Crippen LogP contribution in [0.1, 0.15) is 56.4 Å². The fraction of sp³-hybridized carbons (Fsp3) is 0.765. The van der Waals surface area contributed by atoms with Crippen molar-refractivity contribution in [3.8, 4) is 0 Å². The van der Waals surface area contributed by atoms with Crippen molar-refractivity contribution in [3.05, 3.63) is 5.01 Å². The van der Waals surface area contributed by atoms with Crippen LogP contribution in [0.15, 0.2) is 0 Å². The number of nitrogens with zero attached hydrogens (tertiary/aromatic N) is 2. The summed E-state index contributed by atoms with van der Waals surface area (Å²) in [4.78, 5) is 24.3. The molecule has 1 aromatic rings. The fourth-order valence-corrected chi connectivity index (χ4v) is 4.49. The molecule has 1 saturated carbocycles. The summed E-state index contributed by atoms with van der Waals surface area (Å²) in [6.07, 6.45) is 7.13. The number of hydrogen-bond acceptors (Lipinski definition) is 6. The first-order valence-electron chi connectivity index (χ1n) is 9.04. The molecule has 1 unspecified atom stereocenters.